The second-order valence-electron chi connectivity index (χ2n) is 4.17. The van der Waals surface area contributed by atoms with Crippen LogP contribution in [0.15, 0.2) is 30.3 Å². The average molecular weight is 283 g/mol. The Morgan fingerprint density at radius 2 is 1.84 bits per heavy atom. The average Bonchev–Trinajstić information content (AvgIpc) is 2.46. The van der Waals surface area contributed by atoms with Crippen LogP contribution in [0.1, 0.15) is 5.56 Å². The largest absolute Gasteiger partial charge is 0.459 e. The quantitative estimate of drug-likeness (QED) is 0.750. The van der Waals surface area contributed by atoms with Gasteiger partial charge in [0.2, 0.25) is 0 Å². The second kappa shape index (κ2) is 6.33. The number of hydrogen-bond donors (Lipinski definition) is 0. The van der Waals surface area contributed by atoms with Crippen molar-refractivity contribution in [3.8, 4) is 0 Å². The number of piperazine rings is 1. The predicted molar refractivity (Wildman–Crippen MR) is 67.1 cm³/mol. The van der Waals surface area contributed by atoms with E-state index in [0.29, 0.717) is 26.2 Å². The summed E-state index contributed by atoms with van der Waals surface area (Å²) < 4.78 is 27.9. The van der Waals surface area contributed by atoms with Crippen LogP contribution >= 0.6 is 0 Å². The molecular formula is C12H15N2O4S+. The predicted octanol–water partition coefficient (Wildman–Crippen LogP) is 0.714. The molecule has 0 unspecified atom stereocenters. The molecular weight excluding hydrogens is 268 g/mol. The zero-order valence-corrected chi connectivity index (χ0v) is 11.2. The zero-order valence-electron chi connectivity index (χ0n) is 10.4. The van der Waals surface area contributed by atoms with Crippen molar-refractivity contribution in [3.05, 3.63) is 35.9 Å². The summed E-state index contributed by atoms with van der Waals surface area (Å²) in [7, 11) is -2.21. The van der Waals surface area contributed by atoms with Crippen LogP contribution in [0.25, 0.3) is 0 Å². The number of hydrogen-bond acceptors (Lipinski definition) is 4. The molecule has 1 aliphatic rings. The lowest BCUT2D eigenvalue weighted by Gasteiger charge is -2.22. The van der Waals surface area contributed by atoms with Crippen LogP contribution in [-0.4, -0.2) is 49.5 Å². The molecule has 7 heteroatoms. The SMILES string of the molecule is O=C(OCc1ccccc1)N1CC[N+](=S(=O)=O)CC1. The first kappa shape index (κ1) is 13.5. The molecule has 1 aromatic carbocycles. The van der Waals surface area contributed by atoms with Crippen molar-refractivity contribution >= 4 is 16.6 Å². The fourth-order valence-corrected chi connectivity index (χ4v) is 2.29. The molecule has 1 aromatic rings. The van der Waals surface area contributed by atoms with Gasteiger partial charge in [-0.2, -0.15) is 0 Å². The first-order valence-electron chi connectivity index (χ1n) is 5.97. The summed E-state index contributed by atoms with van der Waals surface area (Å²) in [4.78, 5) is 13.3. The molecule has 0 N–H and O–H groups in total. The Morgan fingerprint density at radius 3 is 2.42 bits per heavy atom. The third-order valence-corrected chi connectivity index (χ3v) is 3.70. The summed E-state index contributed by atoms with van der Waals surface area (Å²) in [6, 6.07) is 9.42. The number of benzene rings is 1. The highest BCUT2D eigenvalue weighted by Gasteiger charge is 2.25. The van der Waals surface area contributed by atoms with Gasteiger partial charge < -0.3 is 4.74 Å². The highest BCUT2D eigenvalue weighted by Crippen LogP contribution is 2.05. The monoisotopic (exact) mass is 283 g/mol. The molecule has 0 radical (unpaired) electrons. The molecule has 1 saturated heterocycles. The van der Waals surface area contributed by atoms with Gasteiger partial charge in [0, 0.05) is 0 Å². The van der Waals surface area contributed by atoms with Crippen LogP contribution in [-0.2, 0) is 21.8 Å². The van der Waals surface area contributed by atoms with E-state index in [2.05, 4.69) is 0 Å². The van der Waals surface area contributed by atoms with E-state index in [0.717, 1.165) is 5.56 Å². The van der Waals surface area contributed by atoms with Gasteiger partial charge in [-0.15, -0.1) is 12.4 Å². The van der Waals surface area contributed by atoms with Crippen LogP contribution in [0.5, 0.6) is 0 Å². The Kier molecular flexibility index (Phi) is 4.51. The normalized spacial score (nSPS) is 15.2. The van der Waals surface area contributed by atoms with Gasteiger partial charge in [0.1, 0.15) is 6.61 Å². The van der Waals surface area contributed by atoms with Crippen molar-refractivity contribution in [2.45, 2.75) is 6.61 Å². The summed E-state index contributed by atoms with van der Waals surface area (Å²) in [6.45, 7) is 1.59. The van der Waals surface area contributed by atoms with E-state index in [-0.39, 0.29) is 6.61 Å². The van der Waals surface area contributed by atoms with E-state index < -0.39 is 16.6 Å². The minimum atomic E-state index is -2.21. The van der Waals surface area contributed by atoms with Crippen LogP contribution < -0.4 is 0 Å². The third kappa shape index (κ3) is 3.78. The molecule has 0 spiro atoms. The fourth-order valence-electron chi connectivity index (χ4n) is 1.83. The van der Waals surface area contributed by atoms with Gasteiger partial charge >= 0.3 is 16.6 Å². The topological polar surface area (TPSA) is 66.7 Å². The number of carbonyl (C=O) groups is 1. The molecule has 0 aromatic heterocycles. The maximum Gasteiger partial charge on any atom is 0.459 e. The fraction of sp³-hybridized carbons (Fsp3) is 0.417. The highest BCUT2D eigenvalue weighted by molar-refractivity contribution is 7.58. The standard InChI is InChI=1S/C12H15N2O4S/c15-12(18-10-11-4-2-1-3-5-11)13-6-8-14(9-7-13)19(16)17/h1-5H,6-10H2/q+1. The van der Waals surface area contributed by atoms with Crippen LogP contribution in [0.3, 0.4) is 0 Å². The molecule has 1 aliphatic heterocycles. The van der Waals surface area contributed by atoms with Gasteiger partial charge in [0.05, 0.1) is 13.1 Å². The number of amides is 1. The van der Waals surface area contributed by atoms with Crippen molar-refractivity contribution in [3.63, 3.8) is 0 Å². The molecule has 0 atom stereocenters. The van der Waals surface area contributed by atoms with Gasteiger partial charge in [0.15, 0.2) is 13.1 Å². The van der Waals surface area contributed by atoms with Crippen molar-refractivity contribution in [1.29, 1.82) is 0 Å². The number of ether oxygens (including phenoxy) is 1. The van der Waals surface area contributed by atoms with Crippen molar-refractivity contribution in [2.75, 3.05) is 26.2 Å². The number of carbonyl (C=O) groups excluding carboxylic acids is 1. The Morgan fingerprint density at radius 1 is 1.21 bits per heavy atom. The van der Waals surface area contributed by atoms with E-state index in [9.17, 15) is 13.2 Å². The lowest BCUT2D eigenvalue weighted by atomic mass is 10.2. The lowest BCUT2D eigenvalue weighted by molar-refractivity contribution is -0.514. The van der Waals surface area contributed by atoms with Crippen molar-refractivity contribution < 1.29 is 21.9 Å². The molecule has 102 valence electrons. The van der Waals surface area contributed by atoms with Crippen molar-refractivity contribution in [2.24, 2.45) is 0 Å². The van der Waals surface area contributed by atoms with E-state index in [4.69, 9.17) is 4.74 Å². The summed E-state index contributed by atoms with van der Waals surface area (Å²) in [5.74, 6) is 0. The highest BCUT2D eigenvalue weighted by atomic mass is 32.2. The first-order chi connectivity index (χ1) is 9.16. The summed E-state index contributed by atoms with van der Waals surface area (Å²) in [5.41, 5.74) is 0.926. The van der Waals surface area contributed by atoms with Gasteiger partial charge in [-0.05, 0) is 5.56 Å². The van der Waals surface area contributed by atoms with E-state index >= 15 is 0 Å². The smallest absolute Gasteiger partial charge is 0.445 e. The van der Waals surface area contributed by atoms with E-state index in [1.165, 1.54) is 8.85 Å². The molecule has 2 rings (SSSR count). The molecule has 0 aliphatic carbocycles. The molecule has 1 amide bonds. The minimum absolute atomic E-state index is 0.230. The maximum absolute atomic E-state index is 11.8. The number of nitrogens with zero attached hydrogens (tertiary/aromatic N) is 2. The van der Waals surface area contributed by atoms with Gasteiger partial charge in [-0.1, -0.05) is 30.3 Å². The molecule has 0 bridgehead atoms. The maximum atomic E-state index is 11.8. The van der Waals surface area contributed by atoms with E-state index in [1.807, 2.05) is 30.3 Å². The molecule has 1 heterocycles. The van der Waals surface area contributed by atoms with Crippen LogP contribution in [0.4, 0.5) is 4.79 Å². The Bertz CT molecular complexity index is 565. The van der Waals surface area contributed by atoms with Crippen molar-refractivity contribution in [1.82, 2.24) is 4.90 Å². The second-order valence-corrected chi connectivity index (χ2v) is 5.12. The van der Waals surface area contributed by atoms with Gasteiger partial charge in [0.25, 0.3) is 0 Å². The number of rotatable bonds is 2. The van der Waals surface area contributed by atoms with Gasteiger partial charge in [-0.25, -0.2) is 4.79 Å². The molecule has 19 heavy (non-hydrogen) atoms. The lowest BCUT2D eigenvalue weighted by Crippen LogP contribution is -2.45. The summed E-state index contributed by atoms with van der Waals surface area (Å²) >= 11 is 0. The minimum Gasteiger partial charge on any atom is -0.445 e. The molecule has 6 nitrogen and oxygen atoms in total. The zero-order chi connectivity index (χ0) is 13.7. The van der Waals surface area contributed by atoms with Crippen LogP contribution in [0.2, 0.25) is 0 Å². The summed E-state index contributed by atoms with van der Waals surface area (Å²) in [6.07, 6.45) is -0.403. The molecule has 0 saturated carbocycles. The Hall–Kier alpha value is -1.89. The Balaban J connectivity index is 1.84. The first-order valence-corrected chi connectivity index (χ1v) is 7.00. The summed E-state index contributed by atoms with van der Waals surface area (Å²) in [5, 5.41) is 0. The molecule has 1 fully saturated rings. The van der Waals surface area contributed by atoms with Crippen LogP contribution in [0, 0.1) is 0 Å². The van der Waals surface area contributed by atoms with E-state index in [1.54, 1.807) is 0 Å². The third-order valence-electron chi connectivity index (χ3n) is 2.91. The van der Waals surface area contributed by atoms with Gasteiger partial charge in [-0.3, -0.25) is 4.90 Å². The Labute approximate surface area is 112 Å².